The Morgan fingerprint density at radius 1 is 1.29 bits per heavy atom. The molecule has 3 heteroatoms. The summed E-state index contributed by atoms with van der Waals surface area (Å²) >= 11 is 0. The molecule has 1 N–H and O–H groups in total. The van der Waals surface area contributed by atoms with Gasteiger partial charge in [0.1, 0.15) is 0 Å². The van der Waals surface area contributed by atoms with Crippen LogP contribution < -0.4 is 5.32 Å². The van der Waals surface area contributed by atoms with E-state index in [1.807, 2.05) is 4.90 Å². The number of nitrogens with one attached hydrogen (secondary N) is 1. The van der Waals surface area contributed by atoms with Crippen LogP contribution in [0.15, 0.2) is 0 Å². The summed E-state index contributed by atoms with van der Waals surface area (Å²) < 4.78 is 0. The largest absolute Gasteiger partial charge is 0.343 e. The lowest BCUT2D eigenvalue weighted by Crippen LogP contribution is -2.38. The van der Waals surface area contributed by atoms with Crippen LogP contribution in [0.1, 0.15) is 33.1 Å². The van der Waals surface area contributed by atoms with E-state index >= 15 is 0 Å². The third-order valence-electron chi connectivity index (χ3n) is 2.50. The summed E-state index contributed by atoms with van der Waals surface area (Å²) in [7, 11) is 0. The molecule has 0 unspecified atom stereocenters. The Bertz CT molecular complexity index is 172. The molecule has 1 aliphatic heterocycles. The van der Waals surface area contributed by atoms with Crippen molar-refractivity contribution in [1.82, 2.24) is 10.2 Å². The number of rotatable bonds is 2. The Kier molecular flexibility index (Phi) is 4.94. The van der Waals surface area contributed by atoms with Crippen molar-refractivity contribution in [3.63, 3.8) is 0 Å². The lowest BCUT2D eigenvalue weighted by atomic mass is 10.1. The first-order valence-corrected chi connectivity index (χ1v) is 5.68. The molecule has 0 bridgehead atoms. The van der Waals surface area contributed by atoms with Gasteiger partial charge in [-0.1, -0.05) is 13.8 Å². The lowest BCUT2D eigenvalue weighted by molar-refractivity contribution is -0.132. The average molecular weight is 198 g/mol. The Morgan fingerprint density at radius 2 is 1.86 bits per heavy atom. The molecule has 1 fully saturated rings. The van der Waals surface area contributed by atoms with Crippen LogP contribution in [-0.4, -0.2) is 37.0 Å². The van der Waals surface area contributed by atoms with Crippen LogP contribution in [0.5, 0.6) is 0 Å². The van der Waals surface area contributed by atoms with E-state index in [0.29, 0.717) is 18.2 Å². The summed E-state index contributed by atoms with van der Waals surface area (Å²) in [6.45, 7) is 8.15. The molecular weight excluding hydrogens is 176 g/mol. The molecule has 0 saturated carbocycles. The Morgan fingerprint density at radius 3 is 2.36 bits per heavy atom. The van der Waals surface area contributed by atoms with Crippen LogP contribution in [0.3, 0.4) is 0 Å². The van der Waals surface area contributed by atoms with Gasteiger partial charge in [0, 0.05) is 19.5 Å². The van der Waals surface area contributed by atoms with Crippen molar-refractivity contribution in [2.75, 3.05) is 26.2 Å². The smallest absolute Gasteiger partial charge is 0.222 e. The second kappa shape index (κ2) is 6.02. The van der Waals surface area contributed by atoms with Crippen LogP contribution in [0.25, 0.3) is 0 Å². The van der Waals surface area contributed by atoms with Gasteiger partial charge in [0.15, 0.2) is 0 Å². The molecule has 82 valence electrons. The number of hydrogen-bond donors (Lipinski definition) is 1. The first-order chi connectivity index (χ1) is 6.70. The summed E-state index contributed by atoms with van der Waals surface area (Å²) in [5, 5.41) is 3.35. The quantitative estimate of drug-likeness (QED) is 0.724. The molecule has 3 nitrogen and oxygen atoms in total. The topological polar surface area (TPSA) is 32.3 Å². The van der Waals surface area contributed by atoms with Crippen molar-refractivity contribution in [2.45, 2.75) is 33.1 Å². The number of nitrogens with zero attached hydrogens (tertiary/aromatic N) is 1. The van der Waals surface area contributed by atoms with Crippen LogP contribution >= 0.6 is 0 Å². The van der Waals surface area contributed by atoms with E-state index in [4.69, 9.17) is 0 Å². The second-order valence-corrected chi connectivity index (χ2v) is 4.44. The molecule has 14 heavy (non-hydrogen) atoms. The van der Waals surface area contributed by atoms with E-state index in [2.05, 4.69) is 19.2 Å². The van der Waals surface area contributed by atoms with E-state index in [1.165, 1.54) is 0 Å². The molecule has 0 atom stereocenters. The molecule has 0 aromatic heterocycles. The maximum Gasteiger partial charge on any atom is 0.222 e. The summed E-state index contributed by atoms with van der Waals surface area (Å²) in [5.41, 5.74) is 0. The molecule has 0 aromatic carbocycles. The number of carbonyl (C=O) groups excluding carboxylic acids is 1. The van der Waals surface area contributed by atoms with Crippen molar-refractivity contribution in [3.05, 3.63) is 0 Å². The zero-order valence-electron chi connectivity index (χ0n) is 9.38. The average Bonchev–Trinajstić information content (AvgIpc) is 2.00. The summed E-state index contributed by atoms with van der Waals surface area (Å²) in [6.07, 6.45) is 2.88. The van der Waals surface area contributed by atoms with Crippen LogP contribution in [-0.2, 0) is 4.79 Å². The predicted molar refractivity (Wildman–Crippen MR) is 58.1 cm³/mol. The van der Waals surface area contributed by atoms with E-state index in [9.17, 15) is 4.79 Å². The molecule has 1 amide bonds. The standard InChI is InChI=1S/C11H22N2O/c1-10(2)9-11(14)13-7-3-5-12-6-4-8-13/h10,12H,3-9H2,1-2H3. The molecule has 1 rings (SSSR count). The molecule has 0 aromatic rings. The fraction of sp³-hybridized carbons (Fsp3) is 0.909. The fourth-order valence-electron chi connectivity index (χ4n) is 1.75. The van der Waals surface area contributed by atoms with Crippen molar-refractivity contribution < 1.29 is 4.79 Å². The zero-order valence-corrected chi connectivity index (χ0v) is 9.38. The first kappa shape index (κ1) is 11.5. The molecule has 0 spiro atoms. The second-order valence-electron chi connectivity index (χ2n) is 4.44. The monoisotopic (exact) mass is 198 g/mol. The van der Waals surface area contributed by atoms with E-state index in [1.54, 1.807) is 0 Å². The molecule has 0 aliphatic carbocycles. The minimum absolute atomic E-state index is 0.335. The minimum atomic E-state index is 0.335. The third-order valence-corrected chi connectivity index (χ3v) is 2.50. The van der Waals surface area contributed by atoms with Crippen LogP contribution in [0.2, 0.25) is 0 Å². The zero-order chi connectivity index (χ0) is 10.4. The summed E-state index contributed by atoms with van der Waals surface area (Å²) in [5.74, 6) is 0.813. The Hall–Kier alpha value is -0.570. The van der Waals surface area contributed by atoms with Gasteiger partial charge in [-0.15, -0.1) is 0 Å². The number of hydrogen-bond acceptors (Lipinski definition) is 2. The number of amides is 1. The lowest BCUT2D eigenvalue weighted by Gasteiger charge is -2.25. The molecule has 1 heterocycles. The normalized spacial score (nSPS) is 19.2. The van der Waals surface area contributed by atoms with Crippen molar-refractivity contribution in [2.24, 2.45) is 5.92 Å². The highest BCUT2D eigenvalue weighted by Crippen LogP contribution is 2.06. The van der Waals surface area contributed by atoms with Gasteiger partial charge in [-0.05, 0) is 31.8 Å². The van der Waals surface area contributed by atoms with Crippen LogP contribution in [0.4, 0.5) is 0 Å². The molecule has 0 radical (unpaired) electrons. The van der Waals surface area contributed by atoms with E-state index in [-0.39, 0.29) is 0 Å². The maximum absolute atomic E-state index is 11.8. The van der Waals surface area contributed by atoms with E-state index < -0.39 is 0 Å². The summed E-state index contributed by atoms with van der Waals surface area (Å²) in [4.78, 5) is 13.8. The summed E-state index contributed by atoms with van der Waals surface area (Å²) in [6, 6.07) is 0. The van der Waals surface area contributed by atoms with Gasteiger partial charge >= 0.3 is 0 Å². The highest BCUT2D eigenvalue weighted by atomic mass is 16.2. The van der Waals surface area contributed by atoms with Crippen molar-refractivity contribution in [1.29, 1.82) is 0 Å². The molecule has 1 saturated heterocycles. The Labute approximate surface area is 86.9 Å². The van der Waals surface area contributed by atoms with Gasteiger partial charge in [-0.2, -0.15) is 0 Å². The van der Waals surface area contributed by atoms with Gasteiger partial charge in [0.05, 0.1) is 0 Å². The fourth-order valence-corrected chi connectivity index (χ4v) is 1.75. The van der Waals surface area contributed by atoms with Crippen LogP contribution in [0, 0.1) is 5.92 Å². The highest BCUT2D eigenvalue weighted by molar-refractivity contribution is 5.76. The van der Waals surface area contributed by atoms with E-state index in [0.717, 1.165) is 39.0 Å². The van der Waals surface area contributed by atoms with Gasteiger partial charge in [-0.3, -0.25) is 4.79 Å². The third kappa shape index (κ3) is 4.09. The predicted octanol–water partition coefficient (Wildman–Crippen LogP) is 1.24. The molecule has 1 aliphatic rings. The van der Waals surface area contributed by atoms with Crippen molar-refractivity contribution in [3.8, 4) is 0 Å². The maximum atomic E-state index is 11.8. The minimum Gasteiger partial charge on any atom is -0.343 e. The Balaban J connectivity index is 2.35. The van der Waals surface area contributed by atoms with Gasteiger partial charge in [-0.25, -0.2) is 0 Å². The highest BCUT2D eigenvalue weighted by Gasteiger charge is 2.15. The van der Waals surface area contributed by atoms with Gasteiger partial charge in [0.25, 0.3) is 0 Å². The van der Waals surface area contributed by atoms with Gasteiger partial charge < -0.3 is 10.2 Å². The number of carbonyl (C=O) groups is 1. The van der Waals surface area contributed by atoms with Crippen molar-refractivity contribution >= 4 is 5.91 Å². The van der Waals surface area contributed by atoms with Gasteiger partial charge in [0.2, 0.25) is 5.91 Å². The molecular formula is C11H22N2O. The first-order valence-electron chi connectivity index (χ1n) is 5.68. The SMILES string of the molecule is CC(C)CC(=O)N1CCCNCCC1.